The molecule has 1 rings (SSSR count). The topological polar surface area (TPSA) is 67.3 Å². The van der Waals surface area contributed by atoms with Crippen molar-refractivity contribution in [2.24, 2.45) is 0 Å². The Morgan fingerprint density at radius 1 is 1.55 bits per heavy atom. The predicted molar refractivity (Wildman–Crippen MR) is 80.1 cm³/mol. The number of carbonyl (C=O) groups is 1. The normalized spacial score (nSPS) is 13.3. The van der Waals surface area contributed by atoms with Crippen molar-refractivity contribution in [3.8, 4) is 0 Å². The van der Waals surface area contributed by atoms with Gasteiger partial charge in [-0.05, 0) is 34.7 Å². The van der Waals surface area contributed by atoms with Crippen LogP contribution in [0.15, 0.2) is 0 Å². The molecular weight excluding hydrogens is 300 g/mol. The van der Waals surface area contributed by atoms with Gasteiger partial charge in [-0.25, -0.2) is 4.79 Å². The van der Waals surface area contributed by atoms with E-state index < -0.39 is 11.7 Å². The number of nitrogens with zero attached hydrogens (tertiary/aromatic N) is 3. The molecule has 1 atom stereocenters. The van der Waals surface area contributed by atoms with Gasteiger partial charge in [-0.15, -0.1) is 5.10 Å². The van der Waals surface area contributed by atoms with Crippen molar-refractivity contribution in [2.75, 3.05) is 13.6 Å². The summed E-state index contributed by atoms with van der Waals surface area (Å²) in [4.78, 5) is 13.6. The van der Waals surface area contributed by atoms with Crippen molar-refractivity contribution >= 4 is 29.2 Å². The fourth-order valence-electron chi connectivity index (χ4n) is 1.38. The second kappa shape index (κ2) is 7.19. The average molecular weight is 321 g/mol. The average Bonchev–Trinajstić information content (AvgIpc) is 2.69. The smallest absolute Gasteiger partial charge is 0.407 e. The number of rotatable bonds is 5. The largest absolute Gasteiger partial charge is 0.444 e. The Bertz CT molecular complexity index is 447. The molecule has 1 unspecified atom stereocenters. The first-order chi connectivity index (χ1) is 9.19. The van der Waals surface area contributed by atoms with E-state index in [0.717, 1.165) is 5.69 Å². The standard InChI is InChI=1S/C12H21ClN4O2S/c1-8(6-14-11(18)19-12(2,3)4)17(5)7-9-10(13)20-16-15-9/h8H,6-7H2,1-5H3,(H,14,18). The summed E-state index contributed by atoms with van der Waals surface area (Å²) in [6.45, 7) is 8.58. The lowest BCUT2D eigenvalue weighted by molar-refractivity contribution is 0.0512. The minimum atomic E-state index is -0.487. The Hall–Kier alpha value is -0.920. The zero-order valence-corrected chi connectivity index (χ0v) is 14.0. The third-order valence-corrected chi connectivity index (χ3v) is 3.59. The van der Waals surface area contributed by atoms with Gasteiger partial charge in [-0.1, -0.05) is 16.1 Å². The van der Waals surface area contributed by atoms with Crippen LogP contribution in [0.1, 0.15) is 33.4 Å². The maximum absolute atomic E-state index is 11.6. The van der Waals surface area contributed by atoms with Gasteiger partial charge in [0.15, 0.2) is 0 Å². The molecule has 0 aromatic carbocycles. The van der Waals surface area contributed by atoms with Crippen molar-refractivity contribution in [1.82, 2.24) is 19.8 Å². The van der Waals surface area contributed by atoms with E-state index in [1.165, 1.54) is 11.5 Å². The molecule has 0 aliphatic rings. The van der Waals surface area contributed by atoms with E-state index in [-0.39, 0.29) is 6.04 Å². The summed E-state index contributed by atoms with van der Waals surface area (Å²) in [5.41, 5.74) is 0.266. The lowest BCUT2D eigenvalue weighted by Crippen LogP contribution is -2.41. The first-order valence-corrected chi connectivity index (χ1v) is 7.48. The maximum Gasteiger partial charge on any atom is 0.407 e. The second-order valence-electron chi connectivity index (χ2n) is 5.64. The molecule has 0 saturated heterocycles. The molecule has 114 valence electrons. The molecule has 1 aromatic heterocycles. The number of halogens is 1. The summed E-state index contributed by atoms with van der Waals surface area (Å²) in [6, 6.07) is 0.125. The Morgan fingerprint density at radius 3 is 2.70 bits per heavy atom. The van der Waals surface area contributed by atoms with Gasteiger partial charge >= 0.3 is 6.09 Å². The van der Waals surface area contributed by atoms with Gasteiger partial charge in [0.25, 0.3) is 0 Å². The van der Waals surface area contributed by atoms with Crippen molar-refractivity contribution in [2.45, 2.75) is 45.9 Å². The molecule has 1 amide bonds. The number of alkyl carbamates (subject to hydrolysis) is 1. The van der Waals surface area contributed by atoms with Crippen LogP contribution in [-0.4, -0.2) is 45.8 Å². The fourth-order valence-corrected chi connectivity index (χ4v) is 2.00. The third kappa shape index (κ3) is 6.02. The minimum absolute atomic E-state index is 0.125. The molecule has 8 heteroatoms. The highest BCUT2D eigenvalue weighted by Gasteiger charge is 2.18. The van der Waals surface area contributed by atoms with Gasteiger partial charge < -0.3 is 10.1 Å². The maximum atomic E-state index is 11.6. The fraction of sp³-hybridized carbons (Fsp3) is 0.750. The van der Waals surface area contributed by atoms with E-state index in [4.69, 9.17) is 16.3 Å². The van der Waals surface area contributed by atoms with Crippen LogP contribution in [-0.2, 0) is 11.3 Å². The molecule has 1 aromatic rings. The van der Waals surface area contributed by atoms with E-state index in [9.17, 15) is 4.79 Å². The van der Waals surface area contributed by atoms with E-state index in [2.05, 4.69) is 14.9 Å². The van der Waals surface area contributed by atoms with Crippen LogP contribution in [0, 0.1) is 0 Å². The molecule has 0 bridgehead atoms. The molecular formula is C12H21ClN4O2S. The number of carbonyl (C=O) groups excluding carboxylic acids is 1. The Balaban J connectivity index is 2.37. The van der Waals surface area contributed by atoms with Crippen LogP contribution in [0.4, 0.5) is 4.79 Å². The summed E-state index contributed by atoms with van der Waals surface area (Å²) >= 11 is 7.14. The molecule has 0 spiro atoms. The van der Waals surface area contributed by atoms with Crippen molar-refractivity contribution in [3.63, 3.8) is 0 Å². The number of amides is 1. The van der Waals surface area contributed by atoms with Gasteiger partial charge in [0.2, 0.25) is 0 Å². The van der Waals surface area contributed by atoms with E-state index in [1.54, 1.807) is 0 Å². The molecule has 6 nitrogen and oxygen atoms in total. The molecule has 0 aliphatic carbocycles. The highest BCUT2D eigenvalue weighted by Crippen LogP contribution is 2.18. The van der Waals surface area contributed by atoms with Crippen LogP contribution < -0.4 is 5.32 Å². The van der Waals surface area contributed by atoms with Gasteiger partial charge in [0.05, 0.1) is 0 Å². The van der Waals surface area contributed by atoms with Gasteiger partial charge in [-0.2, -0.15) is 0 Å². The first-order valence-electron chi connectivity index (χ1n) is 6.33. The van der Waals surface area contributed by atoms with Crippen LogP contribution >= 0.6 is 23.1 Å². The highest BCUT2D eigenvalue weighted by atomic mass is 35.5. The summed E-state index contributed by atoms with van der Waals surface area (Å²) < 4.78 is 9.58. The molecule has 1 N–H and O–H groups in total. The molecule has 0 aliphatic heterocycles. The summed E-state index contributed by atoms with van der Waals surface area (Å²) in [5.74, 6) is 0. The number of hydrogen-bond acceptors (Lipinski definition) is 6. The summed E-state index contributed by atoms with van der Waals surface area (Å²) in [6.07, 6.45) is -0.411. The number of likely N-dealkylation sites (N-methyl/N-ethyl adjacent to an activating group) is 1. The Labute approximate surface area is 128 Å². The monoisotopic (exact) mass is 320 g/mol. The van der Waals surface area contributed by atoms with Crippen molar-refractivity contribution in [3.05, 3.63) is 10.0 Å². The zero-order chi connectivity index (χ0) is 15.3. The van der Waals surface area contributed by atoms with Crippen LogP contribution in [0.2, 0.25) is 4.34 Å². The molecule has 0 saturated carbocycles. The molecule has 1 heterocycles. The SMILES string of the molecule is CC(CNC(=O)OC(C)(C)C)N(C)Cc1nnsc1Cl. The van der Waals surface area contributed by atoms with Crippen LogP contribution in [0.3, 0.4) is 0 Å². The van der Waals surface area contributed by atoms with Crippen LogP contribution in [0.5, 0.6) is 0 Å². The van der Waals surface area contributed by atoms with Gasteiger partial charge in [-0.3, -0.25) is 4.90 Å². The van der Waals surface area contributed by atoms with Crippen molar-refractivity contribution < 1.29 is 9.53 Å². The predicted octanol–water partition coefficient (Wildman–Crippen LogP) is 2.54. The molecule has 0 radical (unpaired) electrons. The highest BCUT2D eigenvalue weighted by molar-refractivity contribution is 7.10. The van der Waals surface area contributed by atoms with Crippen molar-refractivity contribution in [1.29, 1.82) is 0 Å². The minimum Gasteiger partial charge on any atom is -0.444 e. The van der Waals surface area contributed by atoms with E-state index in [1.807, 2.05) is 39.6 Å². The Morgan fingerprint density at radius 2 is 2.20 bits per heavy atom. The van der Waals surface area contributed by atoms with Gasteiger partial charge in [0, 0.05) is 30.7 Å². The number of nitrogens with one attached hydrogen (secondary N) is 1. The number of ether oxygens (including phenoxy) is 1. The summed E-state index contributed by atoms with van der Waals surface area (Å²) in [5, 5.41) is 6.71. The lowest BCUT2D eigenvalue weighted by Gasteiger charge is -2.25. The van der Waals surface area contributed by atoms with Gasteiger partial charge in [0.1, 0.15) is 15.6 Å². The van der Waals surface area contributed by atoms with Crippen LogP contribution in [0.25, 0.3) is 0 Å². The van der Waals surface area contributed by atoms with E-state index >= 15 is 0 Å². The summed E-state index contributed by atoms with van der Waals surface area (Å²) in [7, 11) is 1.94. The quantitative estimate of drug-likeness (QED) is 0.903. The second-order valence-corrected chi connectivity index (χ2v) is 7.00. The molecule has 0 fully saturated rings. The molecule has 20 heavy (non-hydrogen) atoms. The number of hydrogen-bond donors (Lipinski definition) is 1. The zero-order valence-electron chi connectivity index (χ0n) is 12.4. The first kappa shape index (κ1) is 17.1. The number of aromatic nitrogens is 2. The lowest BCUT2D eigenvalue weighted by atomic mass is 10.2. The van der Waals surface area contributed by atoms with E-state index in [0.29, 0.717) is 17.4 Å². The third-order valence-electron chi connectivity index (χ3n) is 2.60. The Kier molecular flexibility index (Phi) is 6.16.